The number of aliphatic carboxylic acids is 1. The second kappa shape index (κ2) is 6.76. The SMILES string of the molecule is C[C@@H](Oc1ccc2c(-c3ccc(F)cc3Cl)c(F)c(=O)oc2c1)C(=O)O. The Balaban J connectivity index is 2.21. The van der Waals surface area contributed by atoms with Gasteiger partial charge in [0.05, 0.1) is 5.02 Å². The maximum absolute atomic E-state index is 14.4. The topological polar surface area (TPSA) is 76.7 Å². The van der Waals surface area contributed by atoms with Crippen molar-refractivity contribution in [2.45, 2.75) is 13.0 Å². The van der Waals surface area contributed by atoms with Crippen LogP contribution in [0.3, 0.4) is 0 Å². The minimum atomic E-state index is -1.24. The fourth-order valence-electron chi connectivity index (χ4n) is 2.44. The first-order valence-electron chi connectivity index (χ1n) is 7.39. The number of ether oxygens (including phenoxy) is 1. The highest BCUT2D eigenvalue weighted by molar-refractivity contribution is 6.33. The van der Waals surface area contributed by atoms with E-state index in [9.17, 15) is 18.4 Å². The zero-order valence-electron chi connectivity index (χ0n) is 13.3. The molecule has 0 saturated heterocycles. The first-order chi connectivity index (χ1) is 12.3. The predicted octanol–water partition coefficient (Wildman–Crippen LogP) is 4.24. The van der Waals surface area contributed by atoms with Gasteiger partial charge in [-0.1, -0.05) is 11.6 Å². The molecule has 26 heavy (non-hydrogen) atoms. The molecule has 0 amide bonds. The van der Waals surface area contributed by atoms with Crippen LogP contribution in [0, 0.1) is 11.6 Å². The van der Waals surface area contributed by atoms with Crippen molar-refractivity contribution in [3.8, 4) is 16.9 Å². The Kier molecular flexibility index (Phi) is 4.65. The van der Waals surface area contributed by atoms with Gasteiger partial charge in [0.15, 0.2) is 6.10 Å². The summed E-state index contributed by atoms with van der Waals surface area (Å²) < 4.78 is 37.9. The van der Waals surface area contributed by atoms with Crippen LogP contribution < -0.4 is 10.4 Å². The van der Waals surface area contributed by atoms with Crippen molar-refractivity contribution >= 4 is 28.5 Å². The van der Waals surface area contributed by atoms with Gasteiger partial charge < -0.3 is 14.3 Å². The largest absolute Gasteiger partial charge is 0.479 e. The zero-order chi connectivity index (χ0) is 19.0. The molecule has 2 aromatic carbocycles. The molecule has 1 heterocycles. The van der Waals surface area contributed by atoms with Crippen molar-refractivity contribution in [2.24, 2.45) is 0 Å². The Bertz CT molecular complexity index is 1080. The molecule has 0 aliphatic rings. The summed E-state index contributed by atoms with van der Waals surface area (Å²) in [5.41, 5.74) is -1.28. The lowest BCUT2D eigenvalue weighted by molar-refractivity contribution is -0.144. The molecule has 0 fully saturated rings. The third-order valence-corrected chi connectivity index (χ3v) is 4.00. The van der Waals surface area contributed by atoms with Crippen molar-refractivity contribution in [2.75, 3.05) is 0 Å². The molecule has 134 valence electrons. The number of hydrogen-bond donors (Lipinski definition) is 1. The lowest BCUT2D eigenvalue weighted by Crippen LogP contribution is -2.22. The molecule has 1 aromatic heterocycles. The number of carboxylic acids is 1. The first-order valence-corrected chi connectivity index (χ1v) is 7.77. The lowest BCUT2D eigenvalue weighted by Gasteiger charge is -2.12. The number of carbonyl (C=O) groups is 1. The van der Waals surface area contributed by atoms with Gasteiger partial charge in [0.1, 0.15) is 17.1 Å². The van der Waals surface area contributed by atoms with Crippen LogP contribution in [0.25, 0.3) is 22.1 Å². The van der Waals surface area contributed by atoms with Gasteiger partial charge in [-0.05, 0) is 37.3 Å². The molecule has 3 rings (SSSR count). The van der Waals surface area contributed by atoms with Crippen LogP contribution in [-0.4, -0.2) is 17.2 Å². The summed E-state index contributed by atoms with van der Waals surface area (Å²) in [5.74, 6) is -2.83. The third kappa shape index (κ3) is 3.25. The van der Waals surface area contributed by atoms with Crippen LogP contribution >= 0.6 is 11.6 Å². The monoisotopic (exact) mass is 380 g/mol. The number of halogens is 3. The van der Waals surface area contributed by atoms with Crippen LogP contribution in [0.15, 0.2) is 45.6 Å². The Hall–Kier alpha value is -2.93. The molecule has 8 heteroatoms. The van der Waals surface area contributed by atoms with E-state index in [1.54, 1.807) is 0 Å². The molecule has 0 aliphatic carbocycles. The smallest absolute Gasteiger partial charge is 0.373 e. The maximum atomic E-state index is 14.4. The van der Waals surface area contributed by atoms with Gasteiger partial charge in [-0.3, -0.25) is 0 Å². The van der Waals surface area contributed by atoms with Crippen molar-refractivity contribution in [3.05, 3.63) is 63.5 Å². The number of rotatable bonds is 4. The minimum Gasteiger partial charge on any atom is -0.479 e. The molecule has 0 unspecified atom stereocenters. The molecular weight excluding hydrogens is 370 g/mol. The van der Waals surface area contributed by atoms with E-state index in [-0.39, 0.29) is 32.9 Å². The summed E-state index contributed by atoms with van der Waals surface area (Å²) in [4.78, 5) is 22.7. The fraction of sp³-hybridized carbons (Fsp3) is 0.111. The Morgan fingerprint density at radius 1 is 1.23 bits per heavy atom. The molecule has 5 nitrogen and oxygen atoms in total. The predicted molar refractivity (Wildman–Crippen MR) is 90.6 cm³/mol. The highest BCUT2D eigenvalue weighted by Gasteiger charge is 2.20. The van der Waals surface area contributed by atoms with E-state index in [0.717, 1.165) is 12.1 Å². The van der Waals surface area contributed by atoms with E-state index in [4.69, 9.17) is 25.9 Å². The first kappa shape index (κ1) is 17.9. The fourth-order valence-corrected chi connectivity index (χ4v) is 2.70. The summed E-state index contributed by atoms with van der Waals surface area (Å²) in [6.07, 6.45) is -1.13. The van der Waals surface area contributed by atoms with Gasteiger partial charge in [0.25, 0.3) is 0 Å². The van der Waals surface area contributed by atoms with E-state index in [2.05, 4.69) is 0 Å². The van der Waals surface area contributed by atoms with E-state index >= 15 is 0 Å². The van der Waals surface area contributed by atoms with Crippen molar-refractivity contribution in [1.29, 1.82) is 0 Å². The van der Waals surface area contributed by atoms with Crippen molar-refractivity contribution in [1.82, 2.24) is 0 Å². The highest BCUT2D eigenvalue weighted by atomic mass is 35.5. The summed E-state index contributed by atoms with van der Waals surface area (Å²) in [5, 5.41) is 9.02. The van der Waals surface area contributed by atoms with Gasteiger partial charge in [0.2, 0.25) is 5.82 Å². The van der Waals surface area contributed by atoms with E-state index in [1.807, 2.05) is 0 Å². The molecule has 0 saturated carbocycles. The minimum absolute atomic E-state index is 0.0260. The molecule has 1 atom stereocenters. The standard InChI is InChI=1S/C18H11ClF2O5/c1-8(17(22)23)25-10-3-5-12-14(7-10)26-18(24)16(21)15(12)11-4-2-9(20)6-13(11)19/h2-8H,1H3,(H,22,23)/t8-/m1/s1. The van der Waals surface area contributed by atoms with Crippen LogP contribution in [0.4, 0.5) is 8.78 Å². The summed E-state index contributed by atoms with van der Waals surface area (Å²) in [6.45, 7) is 1.33. The van der Waals surface area contributed by atoms with Gasteiger partial charge in [-0.2, -0.15) is 4.39 Å². The Morgan fingerprint density at radius 3 is 2.62 bits per heavy atom. The average molecular weight is 381 g/mol. The summed E-state index contributed by atoms with van der Waals surface area (Å²) in [7, 11) is 0. The molecular formula is C18H11ClF2O5. The summed E-state index contributed by atoms with van der Waals surface area (Å²) >= 11 is 5.99. The molecule has 0 bridgehead atoms. The number of hydrogen-bond acceptors (Lipinski definition) is 4. The number of benzene rings is 2. The normalized spacial score (nSPS) is 12.2. The lowest BCUT2D eigenvalue weighted by atomic mass is 10.0. The van der Waals surface area contributed by atoms with Gasteiger partial charge in [-0.15, -0.1) is 0 Å². The second-order valence-corrected chi connectivity index (χ2v) is 5.87. The molecule has 0 spiro atoms. The molecule has 0 aliphatic heterocycles. The molecule has 0 radical (unpaired) electrons. The van der Waals surface area contributed by atoms with Crippen molar-refractivity contribution < 1.29 is 27.8 Å². The van der Waals surface area contributed by atoms with Crippen LogP contribution in [0.1, 0.15) is 6.92 Å². The number of fused-ring (bicyclic) bond motifs is 1. The quantitative estimate of drug-likeness (QED) is 0.685. The molecule has 3 aromatic rings. The van der Waals surface area contributed by atoms with E-state index in [0.29, 0.717) is 0 Å². The van der Waals surface area contributed by atoms with Gasteiger partial charge >= 0.3 is 11.6 Å². The van der Waals surface area contributed by atoms with Crippen LogP contribution in [0.5, 0.6) is 5.75 Å². The molecule has 1 N–H and O–H groups in total. The Labute approximate surface area is 150 Å². The Morgan fingerprint density at radius 2 is 1.96 bits per heavy atom. The van der Waals surface area contributed by atoms with Crippen LogP contribution in [-0.2, 0) is 4.79 Å². The summed E-state index contributed by atoms with van der Waals surface area (Å²) in [6, 6.07) is 7.43. The van der Waals surface area contributed by atoms with Gasteiger partial charge in [-0.25, -0.2) is 14.0 Å². The third-order valence-electron chi connectivity index (χ3n) is 3.68. The highest BCUT2D eigenvalue weighted by Crippen LogP contribution is 2.36. The zero-order valence-corrected chi connectivity index (χ0v) is 14.0. The van der Waals surface area contributed by atoms with Gasteiger partial charge in [0, 0.05) is 22.6 Å². The van der Waals surface area contributed by atoms with Crippen LogP contribution in [0.2, 0.25) is 5.02 Å². The van der Waals surface area contributed by atoms with E-state index < -0.39 is 29.3 Å². The second-order valence-electron chi connectivity index (χ2n) is 5.46. The maximum Gasteiger partial charge on any atom is 0.373 e. The number of carboxylic acid groups (broad SMARTS) is 1. The average Bonchev–Trinajstić information content (AvgIpc) is 2.57. The van der Waals surface area contributed by atoms with Crippen molar-refractivity contribution in [3.63, 3.8) is 0 Å². The van der Waals surface area contributed by atoms with E-state index in [1.165, 1.54) is 31.2 Å².